The quantitative estimate of drug-likeness (QED) is 0.593. The fraction of sp³-hybridized carbons (Fsp3) is 0.0952. The molecule has 0 atom stereocenters. The van der Waals surface area contributed by atoms with E-state index in [2.05, 4.69) is 10.0 Å². The summed E-state index contributed by atoms with van der Waals surface area (Å²) in [6.45, 7) is 1.86. The molecule has 0 saturated heterocycles. The second kappa shape index (κ2) is 8.55. The number of aryl methyl sites for hydroxylation is 1. The number of sulfonamides is 1. The second-order valence-corrected chi connectivity index (χ2v) is 8.39. The van der Waals surface area contributed by atoms with Gasteiger partial charge in [0.05, 0.1) is 22.6 Å². The van der Waals surface area contributed by atoms with Crippen LogP contribution in [0.15, 0.2) is 71.6 Å². The molecule has 1 amide bonds. The van der Waals surface area contributed by atoms with Gasteiger partial charge in [0.25, 0.3) is 15.9 Å². The fourth-order valence-corrected chi connectivity index (χ4v) is 3.92. The van der Waals surface area contributed by atoms with Crippen LogP contribution in [0.4, 0.5) is 11.4 Å². The number of carbonyl (C=O) groups excluding carboxylic acids is 1. The van der Waals surface area contributed by atoms with Crippen molar-refractivity contribution in [3.05, 3.63) is 82.9 Å². The zero-order chi connectivity index (χ0) is 21.0. The Bertz CT molecular complexity index is 1150. The SMILES string of the molecule is COc1ccc(NC(=O)c2cc(S(=O)(=O)Nc3cccc(C)c3)ccc2Cl)cc1. The molecule has 0 heterocycles. The lowest BCUT2D eigenvalue weighted by atomic mass is 10.2. The minimum atomic E-state index is -3.89. The maximum atomic E-state index is 12.7. The van der Waals surface area contributed by atoms with Crippen molar-refractivity contribution in [2.24, 2.45) is 0 Å². The average molecular weight is 431 g/mol. The summed E-state index contributed by atoms with van der Waals surface area (Å²) in [5.41, 5.74) is 1.93. The first-order valence-electron chi connectivity index (χ1n) is 8.63. The maximum Gasteiger partial charge on any atom is 0.261 e. The van der Waals surface area contributed by atoms with Crippen LogP contribution in [-0.4, -0.2) is 21.4 Å². The van der Waals surface area contributed by atoms with E-state index in [9.17, 15) is 13.2 Å². The summed E-state index contributed by atoms with van der Waals surface area (Å²) in [4.78, 5) is 12.6. The lowest BCUT2D eigenvalue weighted by molar-refractivity contribution is 0.102. The molecule has 0 saturated carbocycles. The van der Waals surface area contributed by atoms with Crippen molar-refractivity contribution in [3.63, 3.8) is 0 Å². The fourth-order valence-electron chi connectivity index (χ4n) is 2.64. The van der Waals surface area contributed by atoms with Crippen molar-refractivity contribution in [2.45, 2.75) is 11.8 Å². The van der Waals surface area contributed by atoms with E-state index in [0.29, 0.717) is 17.1 Å². The summed E-state index contributed by atoms with van der Waals surface area (Å²) in [5.74, 6) is 0.129. The van der Waals surface area contributed by atoms with Gasteiger partial charge in [-0.2, -0.15) is 0 Å². The third-order valence-electron chi connectivity index (χ3n) is 4.11. The molecular weight excluding hydrogens is 412 g/mol. The molecule has 0 aliphatic heterocycles. The number of halogens is 1. The van der Waals surface area contributed by atoms with Gasteiger partial charge in [0.15, 0.2) is 0 Å². The third-order valence-corrected chi connectivity index (χ3v) is 5.82. The Labute approximate surface area is 174 Å². The number of rotatable bonds is 6. The smallest absolute Gasteiger partial charge is 0.261 e. The second-order valence-electron chi connectivity index (χ2n) is 6.30. The minimum Gasteiger partial charge on any atom is -0.497 e. The van der Waals surface area contributed by atoms with E-state index in [4.69, 9.17) is 16.3 Å². The number of benzene rings is 3. The van der Waals surface area contributed by atoms with E-state index in [0.717, 1.165) is 5.56 Å². The van der Waals surface area contributed by atoms with Crippen molar-refractivity contribution >= 4 is 38.9 Å². The van der Waals surface area contributed by atoms with E-state index in [1.165, 1.54) is 18.2 Å². The molecular formula is C21H19ClN2O4S. The summed E-state index contributed by atoms with van der Waals surface area (Å²) in [5, 5.41) is 2.84. The lowest BCUT2D eigenvalue weighted by Gasteiger charge is -2.12. The molecule has 2 N–H and O–H groups in total. The Balaban J connectivity index is 1.85. The van der Waals surface area contributed by atoms with Gasteiger partial charge in [-0.1, -0.05) is 23.7 Å². The Morgan fingerprint density at radius 3 is 2.34 bits per heavy atom. The Morgan fingerprint density at radius 2 is 1.69 bits per heavy atom. The van der Waals surface area contributed by atoms with Crippen LogP contribution < -0.4 is 14.8 Å². The van der Waals surface area contributed by atoms with Crippen LogP contribution >= 0.6 is 11.6 Å². The number of amides is 1. The highest BCUT2D eigenvalue weighted by atomic mass is 35.5. The standard InChI is InChI=1S/C21H19ClN2O4S/c1-14-4-3-5-16(12-14)24-29(26,27)18-10-11-20(22)19(13-18)21(25)23-15-6-8-17(28-2)9-7-15/h3-13,24H,1-2H3,(H,23,25). The molecule has 6 nitrogen and oxygen atoms in total. The Kier molecular flexibility index (Phi) is 6.10. The number of hydrogen-bond donors (Lipinski definition) is 2. The predicted molar refractivity (Wildman–Crippen MR) is 114 cm³/mol. The molecule has 8 heteroatoms. The number of methoxy groups -OCH3 is 1. The van der Waals surface area contributed by atoms with E-state index < -0.39 is 15.9 Å². The lowest BCUT2D eigenvalue weighted by Crippen LogP contribution is -2.16. The van der Waals surface area contributed by atoms with Crippen molar-refractivity contribution in [1.82, 2.24) is 0 Å². The predicted octanol–water partition coefficient (Wildman–Crippen LogP) is 4.71. The molecule has 0 unspecified atom stereocenters. The van der Waals surface area contributed by atoms with E-state index in [1.807, 2.05) is 13.0 Å². The van der Waals surface area contributed by atoms with E-state index >= 15 is 0 Å². The van der Waals surface area contributed by atoms with Gasteiger partial charge < -0.3 is 10.1 Å². The zero-order valence-electron chi connectivity index (χ0n) is 15.8. The monoisotopic (exact) mass is 430 g/mol. The van der Waals surface area contributed by atoms with E-state index in [-0.39, 0.29) is 15.5 Å². The van der Waals surface area contributed by atoms with Crippen LogP contribution in [0.25, 0.3) is 0 Å². The number of hydrogen-bond acceptors (Lipinski definition) is 4. The molecule has 0 aromatic heterocycles. The van der Waals surface area contributed by atoms with Crippen molar-refractivity contribution in [3.8, 4) is 5.75 Å². The van der Waals surface area contributed by atoms with Gasteiger partial charge in [0, 0.05) is 11.4 Å². The number of anilines is 2. The van der Waals surface area contributed by atoms with Crippen LogP contribution in [0.3, 0.4) is 0 Å². The summed E-state index contributed by atoms with van der Waals surface area (Å²) in [6, 6.07) is 17.7. The van der Waals surface area contributed by atoms with Crippen LogP contribution in [0.2, 0.25) is 5.02 Å². The largest absolute Gasteiger partial charge is 0.497 e. The first-order valence-corrected chi connectivity index (χ1v) is 10.5. The van der Waals surface area contributed by atoms with Crippen molar-refractivity contribution in [2.75, 3.05) is 17.1 Å². The first kappa shape index (κ1) is 20.7. The summed E-state index contributed by atoms with van der Waals surface area (Å²) in [7, 11) is -2.34. The topological polar surface area (TPSA) is 84.5 Å². The maximum absolute atomic E-state index is 12.7. The normalized spacial score (nSPS) is 11.0. The molecule has 29 heavy (non-hydrogen) atoms. The highest BCUT2D eigenvalue weighted by molar-refractivity contribution is 7.92. The molecule has 0 spiro atoms. The number of nitrogens with one attached hydrogen (secondary N) is 2. The van der Waals surface area contributed by atoms with E-state index in [1.54, 1.807) is 49.6 Å². The molecule has 3 aromatic rings. The van der Waals surface area contributed by atoms with Gasteiger partial charge in [-0.25, -0.2) is 8.42 Å². The summed E-state index contributed by atoms with van der Waals surface area (Å²) in [6.07, 6.45) is 0. The molecule has 150 valence electrons. The third kappa shape index (κ3) is 5.07. The molecule has 0 bridgehead atoms. The highest BCUT2D eigenvalue weighted by Crippen LogP contribution is 2.24. The van der Waals surface area contributed by atoms with Gasteiger partial charge >= 0.3 is 0 Å². The molecule has 0 aliphatic rings. The Morgan fingerprint density at radius 1 is 0.966 bits per heavy atom. The van der Waals surface area contributed by atoms with Gasteiger partial charge in [-0.05, 0) is 67.1 Å². The summed E-state index contributed by atoms with van der Waals surface area (Å²) >= 11 is 6.14. The minimum absolute atomic E-state index is 0.0506. The van der Waals surface area contributed by atoms with Crippen molar-refractivity contribution < 1.29 is 17.9 Å². The average Bonchev–Trinajstić information content (AvgIpc) is 2.68. The van der Waals surface area contributed by atoms with Gasteiger partial charge in [0.1, 0.15) is 5.75 Å². The zero-order valence-corrected chi connectivity index (χ0v) is 17.3. The molecule has 0 aliphatic carbocycles. The first-order chi connectivity index (χ1) is 13.8. The highest BCUT2D eigenvalue weighted by Gasteiger charge is 2.19. The van der Waals surface area contributed by atoms with Gasteiger partial charge in [-0.15, -0.1) is 0 Å². The Hall–Kier alpha value is -3.03. The van der Waals surface area contributed by atoms with Crippen LogP contribution in [-0.2, 0) is 10.0 Å². The van der Waals surface area contributed by atoms with Crippen molar-refractivity contribution in [1.29, 1.82) is 0 Å². The van der Waals surface area contributed by atoms with Gasteiger partial charge in [0.2, 0.25) is 0 Å². The van der Waals surface area contributed by atoms with Crippen LogP contribution in [0.1, 0.15) is 15.9 Å². The number of carbonyl (C=O) groups is 1. The molecule has 3 rings (SSSR count). The summed E-state index contributed by atoms with van der Waals surface area (Å²) < 4.78 is 33.0. The molecule has 0 fully saturated rings. The van der Waals surface area contributed by atoms with Crippen LogP contribution in [0.5, 0.6) is 5.75 Å². The molecule has 0 radical (unpaired) electrons. The van der Waals surface area contributed by atoms with Crippen LogP contribution in [0, 0.1) is 6.92 Å². The molecule has 3 aromatic carbocycles. The number of ether oxygens (including phenoxy) is 1. The van der Waals surface area contributed by atoms with Gasteiger partial charge in [-0.3, -0.25) is 9.52 Å².